The number of carbonyl (C=O) groups is 2. The normalized spacial score (nSPS) is 14.3. The van der Waals surface area contributed by atoms with E-state index in [9.17, 15) is 29.8 Å². The van der Waals surface area contributed by atoms with E-state index < -0.39 is 21.2 Å². The average molecular weight is 466 g/mol. The second kappa shape index (κ2) is 9.82. The van der Waals surface area contributed by atoms with Gasteiger partial charge in [-0.25, -0.2) is 0 Å². The van der Waals surface area contributed by atoms with Crippen molar-refractivity contribution in [3.8, 4) is 0 Å². The molecular weight excluding hydrogens is 440 g/mol. The van der Waals surface area contributed by atoms with E-state index in [1.54, 1.807) is 24.8 Å². The fraction of sp³-hybridized carbons (Fsp3) is 0.333. The molecule has 0 atom stereocenters. The van der Waals surface area contributed by atoms with Crippen molar-refractivity contribution in [3.05, 3.63) is 73.8 Å². The van der Waals surface area contributed by atoms with E-state index in [0.29, 0.717) is 17.8 Å². The van der Waals surface area contributed by atoms with Gasteiger partial charge in [0.1, 0.15) is 5.69 Å². The highest BCUT2D eigenvalue weighted by molar-refractivity contribution is 6.10. The minimum absolute atomic E-state index is 0.0442. The first-order valence-corrected chi connectivity index (χ1v) is 10.9. The highest BCUT2D eigenvalue weighted by Gasteiger charge is 2.45. The molecule has 0 aromatic heterocycles. The zero-order chi connectivity index (χ0) is 25.0. The van der Waals surface area contributed by atoms with E-state index in [-0.39, 0.29) is 28.5 Å². The Bertz CT molecular complexity index is 1190. The molecule has 34 heavy (non-hydrogen) atoms. The van der Waals surface area contributed by atoms with E-state index in [1.807, 2.05) is 6.92 Å². The van der Waals surface area contributed by atoms with E-state index in [2.05, 4.69) is 5.32 Å². The molecule has 0 bridgehead atoms. The van der Waals surface area contributed by atoms with E-state index in [4.69, 9.17) is 0 Å². The maximum Gasteiger partial charge on any atom is 0.294 e. The lowest BCUT2D eigenvalue weighted by Gasteiger charge is -2.20. The van der Waals surface area contributed by atoms with Gasteiger partial charge < -0.3 is 10.2 Å². The Morgan fingerprint density at radius 2 is 1.76 bits per heavy atom. The lowest BCUT2D eigenvalue weighted by atomic mass is 9.85. The Kier molecular flexibility index (Phi) is 7.09. The SMILES string of the molecule is CCCCCN1C(=O)C(C)(C)c2cc(NC(=O)/C=C/c3ccccc3[N+](=O)[O-])c([N+](=O)[O-])cc21. The van der Waals surface area contributed by atoms with Gasteiger partial charge in [0.05, 0.1) is 26.5 Å². The van der Waals surface area contributed by atoms with Crippen LogP contribution < -0.4 is 10.2 Å². The molecule has 0 aliphatic carbocycles. The molecule has 10 heteroatoms. The molecule has 1 aliphatic heterocycles. The van der Waals surface area contributed by atoms with Gasteiger partial charge >= 0.3 is 0 Å². The monoisotopic (exact) mass is 466 g/mol. The van der Waals surface area contributed by atoms with Gasteiger partial charge in [0.2, 0.25) is 11.8 Å². The standard InChI is InChI=1S/C24H26N4O6/c1-4-5-8-13-26-20-15-21(28(33)34)18(14-17(20)24(2,3)23(26)30)25-22(29)12-11-16-9-6-7-10-19(16)27(31)32/h6-7,9-12,14-15H,4-5,8,13H2,1-3H3,(H,25,29)/b12-11+. The highest BCUT2D eigenvalue weighted by Crippen LogP contribution is 2.46. The van der Waals surface area contributed by atoms with Gasteiger partial charge in [0.25, 0.3) is 11.4 Å². The molecule has 0 fully saturated rings. The molecule has 178 valence electrons. The van der Waals surface area contributed by atoms with Crippen molar-refractivity contribution in [2.24, 2.45) is 0 Å². The number of nitro benzene ring substituents is 2. The number of nitro groups is 2. The van der Waals surface area contributed by atoms with E-state index in [1.165, 1.54) is 36.4 Å². The quantitative estimate of drug-likeness (QED) is 0.240. The van der Waals surface area contributed by atoms with Crippen LogP contribution >= 0.6 is 0 Å². The van der Waals surface area contributed by atoms with Crippen molar-refractivity contribution in [3.63, 3.8) is 0 Å². The summed E-state index contributed by atoms with van der Waals surface area (Å²) in [6.07, 6.45) is 5.04. The Balaban J connectivity index is 1.93. The zero-order valence-corrected chi connectivity index (χ0v) is 19.2. The third-order valence-corrected chi connectivity index (χ3v) is 5.85. The zero-order valence-electron chi connectivity index (χ0n) is 19.2. The lowest BCUT2D eigenvalue weighted by Crippen LogP contribution is -2.36. The van der Waals surface area contributed by atoms with Gasteiger partial charge in [-0.1, -0.05) is 31.9 Å². The summed E-state index contributed by atoms with van der Waals surface area (Å²) in [7, 11) is 0. The maximum absolute atomic E-state index is 13.0. The van der Waals surface area contributed by atoms with Gasteiger partial charge in [-0.2, -0.15) is 0 Å². The second-order valence-corrected chi connectivity index (χ2v) is 8.57. The predicted molar refractivity (Wildman–Crippen MR) is 129 cm³/mol. The number of anilines is 2. The largest absolute Gasteiger partial charge is 0.317 e. The Morgan fingerprint density at radius 3 is 2.41 bits per heavy atom. The van der Waals surface area contributed by atoms with Crippen molar-refractivity contribution < 1.29 is 19.4 Å². The topological polar surface area (TPSA) is 136 Å². The molecule has 10 nitrogen and oxygen atoms in total. The van der Waals surface area contributed by atoms with Crippen molar-refractivity contribution in [1.82, 2.24) is 0 Å². The van der Waals surface area contributed by atoms with Crippen LogP contribution in [0, 0.1) is 20.2 Å². The molecule has 0 unspecified atom stereocenters. The fourth-order valence-corrected chi connectivity index (χ4v) is 3.99. The highest BCUT2D eigenvalue weighted by atomic mass is 16.6. The Hall–Kier alpha value is -4.08. The molecule has 2 aromatic carbocycles. The van der Waals surface area contributed by atoms with Crippen LogP contribution in [0.3, 0.4) is 0 Å². The number of rotatable bonds is 9. The Morgan fingerprint density at radius 1 is 1.09 bits per heavy atom. The van der Waals surface area contributed by atoms with Crippen LogP contribution in [0.4, 0.5) is 22.7 Å². The Labute approximate surface area is 196 Å². The van der Waals surface area contributed by atoms with Gasteiger partial charge in [0.15, 0.2) is 0 Å². The second-order valence-electron chi connectivity index (χ2n) is 8.57. The van der Waals surface area contributed by atoms with Crippen LogP contribution in [0.2, 0.25) is 0 Å². The summed E-state index contributed by atoms with van der Waals surface area (Å²) >= 11 is 0. The third-order valence-electron chi connectivity index (χ3n) is 5.85. The summed E-state index contributed by atoms with van der Waals surface area (Å²) in [6.45, 7) is 6.01. The molecule has 0 saturated heterocycles. The average Bonchev–Trinajstić information content (AvgIpc) is 2.97. The van der Waals surface area contributed by atoms with Crippen molar-refractivity contribution in [2.45, 2.75) is 45.4 Å². The van der Waals surface area contributed by atoms with Crippen molar-refractivity contribution in [1.29, 1.82) is 0 Å². The van der Waals surface area contributed by atoms with Gasteiger partial charge in [-0.15, -0.1) is 0 Å². The first-order chi connectivity index (χ1) is 16.1. The van der Waals surface area contributed by atoms with Crippen LogP contribution in [-0.4, -0.2) is 28.2 Å². The summed E-state index contributed by atoms with van der Waals surface area (Å²) in [5.74, 6) is -0.837. The number of benzene rings is 2. The summed E-state index contributed by atoms with van der Waals surface area (Å²) in [6, 6.07) is 8.71. The summed E-state index contributed by atoms with van der Waals surface area (Å²) in [5.41, 5.74) is -0.159. The summed E-state index contributed by atoms with van der Waals surface area (Å²) in [4.78, 5) is 48.9. The molecule has 0 saturated carbocycles. The van der Waals surface area contributed by atoms with Gasteiger partial charge in [-0.05, 0) is 44.0 Å². The minimum Gasteiger partial charge on any atom is -0.317 e. The van der Waals surface area contributed by atoms with Crippen molar-refractivity contribution in [2.75, 3.05) is 16.8 Å². The van der Waals surface area contributed by atoms with Crippen LogP contribution in [-0.2, 0) is 15.0 Å². The molecule has 1 heterocycles. The summed E-state index contributed by atoms with van der Waals surface area (Å²) in [5, 5.41) is 25.4. The van der Waals surface area contributed by atoms with Crippen LogP contribution in [0.25, 0.3) is 6.08 Å². The third kappa shape index (κ3) is 4.80. The van der Waals surface area contributed by atoms with E-state index in [0.717, 1.165) is 25.3 Å². The molecular formula is C24H26N4O6. The molecule has 2 amide bonds. The fourth-order valence-electron chi connectivity index (χ4n) is 3.99. The molecule has 3 rings (SSSR count). The van der Waals surface area contributed by atoms with E-state index >= 15 is 0 Å². The first-order valence-electron chi connectivity index (χ1n) is 10.9. The number of carbonyl (C=O) groups excluding carboxylic acids is 2. The minimum atomic E-state index is -0.906. The number of hydrogen-bond acceptors (Lipinski definition) is 6. The molecule has 1 N–H and O–H groups in total. The number of nitrogens with one attached hydrogen (secondary N) is 1. The van der Waals surface area contributed by atoms with Gasteiger partial charge in [0, 0.05) is 24.8 Å². The molecule has 0 radical (unpaired) electrons. The van der Waals surface area contributed by atoms with Crippen LogP contribution in [0.15, 0.2) is 42.5 Å². The van der Waals surface area contributed by atoms with Crippen molar-refractivity contribution >= 4 is 40.6 Å². The lowest BCUT2D eigenvalue weighted by molar-refractivity contribution is -0.385. The van der Waals surface area contributed by atoms with Crippen LogP contribution in [0.1, 0.15) is 51.2 Å². The number of para-hydroxylation sites is 1. The predicted octanol–water partition coefficient (Wildman–Crippen LogP) is 4.97. The molecule has 2 aromatic rings. The number of hydrogen-bond donors (Lipinski definition) is 1. The number of unbranched alkanes of at least 4 members (excludes halogenated alkanes) is 2. The molecule has 1 aliphatic rings. The summed E-state index contributed by atoms with van der Waals surface area (Å²) < 4.78 is 0. The van der Waals surface area contributed by atoms with Gasteiger partial charge in [-0.3, -0.25) is 29.8 Å². The number of amides is 2. The maximum atomic E-state index is 13.0. The van der Waals surface area contributed by atoms with Crippen LogP contribution in [0.5, 0.6) is 0 Å². The first kappa shape index (κ1) is 24.6. The smallest absolute Gasteiger partial charge is 0.294 e. The molecule has 0 spiro atoms. The number of nitrogens with zero attached hydrogens (tertiary/aromatic N) is 3. The number of fused-ring (bicyclic) bond motifs is 1.